The Morgan fingerprint density at radius 1 is 0.429 bits per heavy atom. The molecule has 1 aromatic heterocycles. The van der Waals surface area contributed by atoms with Crippen molar-refractivity contribution in [3.05, 3.63) is 114 Å². The summed E-state index contributed by atoms with van der Waals surface area (Å²) in [6.45, 7) is 13.9. The number of fused-ring (bicyclic) bond motifs is 8. The van der Waals surface area contributed by atoms with Crippen molar-refractivity contribution in [1.82, 2.24) is 4.98 Å². The Bertz CT molecular complexity index is 2250. The molecule has 1 aliphatic carbocycles. The van der Waals surface area contributed by atoms with Gasteiger partial charge in [-0.2, -0.15) is 0 Å². The number of pyridine rings is 1. The first kappa shape index (κ1) is 25.2. The van der Waals surface area contributed by atoms with E-state index in [1.807, 2.05) is 6.20 Å². The van der Waals surface area contributed by atoms with Crippen LogP contribution in [0.15, 0.2) is 103 Å². The van der Waals surface area contributed by atoms with Crippen molar-refractivity contribution in [2.75, 3.05) is 0 Å². The zero-order valence-corrected chi connectivity index (χ0v) is 25.3. The highest BCUT2D eigenvalue weighted by Gasteiger charge is 2.25. The van der Waals surface area contributed by atoms with Crippen LogP contribution in [0.1, 0.15) is 52.7 Å². The van der Waals surface area contributed by atoms with Crippen LogP contribution in [0.25, 0.3) is 76.6 Å². The number of aromatic nitrogens is 1. The average Bonchev–Trinajstić information content (AvgIpc) is 3.30. The van der Waals surface area contributed by atoms with Gasteiger partial charge in [0, 0.05) is 17.3 Å². The minimum atomic E-state index is 0.0291. The van der Waals surface area contributed by atoms with E-state index >= 15 is 0 Å². The average molecular weight is 542 g/mol. The molecule has 6 aromatic carbocycles. The van der Waals surface area contributed by atoms with Crippen molar-refractivity contribution in [3.8, 4) is 33.5 Å². The number of nitrogens with zero attached hydrogens (tertiary/aromatic N) is 1. The van der Waals surface area contributed by atoms with Crippen molar-refractivity contribution in [2.45, 2.75) is 52.4 Å². The van der Waals surface area contributed by atoms with Crippen LogP contribution < -0.4 is 0 Å². The van der Waals surface area contributed by atoms with E-state index in [0.717, 1.165) is 5.69 Å². The molecule has 0 fully saturated rings. The highest BCUT2D eigenvalue weighted by atomic mass is 14.7. The third-order valence-electron chi connectivity index (χ3n) is 9.33. The van der Waals surface area contributed by atoms with Gasteiger partial charge in [0.1, 0.15) is 0 Å². The smallest absolute Gasteiger partial charge is 0.0787 e. The van der Waals surface area contributed by atoms with Gasteiger partial charge in [-0.1, -0.05) is 114 Å². The molecule has 0 bridgehead atoms. The molecule has 42 heavy (non-hydrogen) atoms. The fourth-order valence-corrected chi connectivity index (χ4v) is 7.02. The summed E-state index contributed by atoms with van der Waals surface area (Å²) in [5, 5.41) is 10.4. The van der Waals surface area contributed by atoms with Crippen LogP contribution in [0.5, 0.6) is 0 Å². The molecule has 0 atom stereocenters. The van der Waals surface area contributed by atoms with Crippen LogP contribution in [0.2, 0.25) is 0 Å². The minimum absolute atomic E-state index is 0.0291. The van der Waals surface area contributed by atoms with Crippen LogP contribution in [0.3, 0.4) is 0 Å². The van der Waals surface area contributed by atoms with E-state index in [-0.39, 0.29) is 10.8 Å². The van der Waals surface area contributed by atoms with E-state index in [1.54, 1.807) is 0 Å². The molecule has 7 aromatic rings. The lowest BCUT2D eigenvalue weighted by Gasteiger charge is -2.24. The topological polar surface area (TPSA) is 12.9 Å². The first-order valence-corrected chi connectivity index (χ1v) is 15.1. The summed E-state index contributed by atoms with van der Waals surface area (Å²) in [4.78, 5) is 4.84. The second-order valence-corrected chi connectivity index (χ2v) is 14.1. The van der Waals surface area contributed by atoms with Crippen LogP contribution in [0.4, 0.5) is 0 Å². The molecule has 1 nitrogen and oxygen atoms in total. The highest BCUT2D eigenvalue weighted by molar-refractivity contribution is 6.28. The summed E-state index contributed by atoms with van der Waals surface area (Å²) >= 11 is 0. The fourth-order valence-electron chi connectivity index (χ4n) is 7.02. The summed E-state index contributed by atoms with van der Waals surface area (Å²) in [5.74, 6) is 0. The van der Waals surface area contributed by atoms with Crippen LogP contribution >= 0.6 is 0 Å². The Labute approximate surface area is 247 Å². The van der Waals surface area contributed by atoms with E-state index in [9.17, 15) is 0 Å². The standard InChI is InChI=1S/C41H35N/c1-40(2,3)25-16-17-27-24(19-25)20-26(41(4,5)6)21-33(27)34-22-36-31-14-9-13-30-32-15-10-18-42-39(32)37(38(30)31)23-35(36)29-12-8-7-11-28(29)34/h7-23H,1-6H3. The zero-order valence-electron chi connectivity index (χ0n) is 25.3. The van der Waals surface area contributed by atoms with Crippen LogP contribution in [-0.2, 0) is 10.8 Å². The van der Waals surface area contributed by atoms with Crippen molar-refractivity contribution in [2.24, 2.45) is 0 Å². The second kappa shape index (κ2) is 8.52. The van der Waals surface area contributed by atoms with Gasteiger partial charge in [-0.25, -0.2) is 0 Å². The largest absolute Gasteiger partial charge is 0.256 e. The van der Waals surface area contributed by atoms with Gasteiger partial charge in [-0.15, -0.1) is 0 Å². The SMILES string of the molecule is CC(C)(C)c1ccc2c(-c3cc4c5cccc6c5c(cc4c4ccccc34)-c3ncccc3-6)cc(C(C)(C)C)cc2c1. The molecule has 0 aliphatic heterocycles. The Kier molecular flexibility index (Phi) is 5.12. The van der Waals surface area contributed by atoms with E-state index in [1.165, 1.54) is 82.0 Å². The van der Waals surface area contributed by atoms with Gasteiger partial charge in [0.15, 0.2) is 0 Å². The lowest BCUT2D eigenvalue weighted by Crippen LogP contribution is -2.12. The molecule has 0 saturated carbocycles. The van der Waals surface area contributed by atoms with Gasteiger partial charge in [-0.3, -0.25) is 4.98 Å². The van der Waals surface area contributed by atoms with E-state index < -0.39 is 0 Å². The third kappa shape index (κ3) is 3.59. The first-order chi connectivity index (χ1) is 20.1. The fraction of sp³-hybridized carbons (Fsp3) is 0.195. The van der Waals surface area contributed by atoms with Gasteiger partial charge < -0.3 is 0 Å². The molecule has 0 spiro atoms. The third-order valence-corrected chi connectivity index (χ3v) is 9.33. The molecule has 1 heteroatoms. The van der Waals surface area contributed by atoms with Crippen LogP contribution in [-0.4, -0.2) is 4.98 Å². The van der Waals surface area contributed by atoms with Crippen molar-refractivity contribution in [3.63, 3.8) is 0 Å². The predicted molar refractivity (Wildman–Crippen MR) is 182 cm³/mol. The summed E-state index contributed by atoms with van der Waals surface area (Å²) < 4.78 is 0. The maximum atomic E-state index is 4.84. The van der Waals surface area contributed by atoms with Gasteiger partial charge in [-0.05, 0) is 106 Å². The Morgan fingerprint density at radius 2 is 1.07 bits per heavy atom. The molecule has 0 unspecified atom stereocenters. The van der Waals surface area contributed by atoms with Crippen molar-refractivity contribution < 1.29 is 0 Å². The van der Waals surface area contributed by atoms with E-state index in [4.69, 9.17) is 4.98 Å². The maximum absolute atomic E-state index is 4.84. The molecule has 1 heterocycles. The number of hydrogen-bond donors (Lipinski definition) is 0. The van der Waals surface area contributed by atoms with Gasteiger partial charge in [0.2, 0.25) is 0 Å². The molecule has 0 saturated heterocycles. The summed E-state index contributed by atoms with van der Waals surface area (Å²) in [7, 11) is 0. The summed E-state index contributed by atoms with van der Waals surface area (Å²) in [6, 6.07) is 36.8. The summed E-state index contributed by atoms with van der Waals surface area (Å²) in [5.41, 5.74) is 10.3. The number of rotatable bonds is 1. The molecule has 8 rings (SSSR count). The quantitative estimate of drug-likeness (QED) is 0.188. The number of benzene rings is 6. The summed E-state index contributed by atoms with van der Waals surface area (Å²) in [6.07, 6.45) is 1.92. The molecule has 0 N–H and O–H groups in total. The Morgan fingerprint density at radius 3 is 1.86 bits per heavy atom. The lowest BCUT2D eigenvalue weighted by molar-refractivity contribution is 0.589. The van der Waals surface area contributed by atoms with Gasteiger partial charge >= 0.3 is 0 Å². The Hall–Kier alpha value is -4.49. The molecular formula is C41H35N. The molecule has 0 radical (unpaired) electrons. The monoisotopic (exact) mass is 541 g/mol. The molecule has 204 valence electrons. The molecule has 1 aliphatic rings. The van der Waals surface area contributed by atoms with Crippen LogP contribution in [0, 0.1) is 0 Å². The van der Waals surface area contributed by atoms with Crippen molar-refractivity contribution >= 4 is 43.1 Å². The number of hydrogen-bond acceptors (Lipinski definition) is 1. The second-order valence-electron chi connectivity index (χ2n) is 14.1. The van der Waals surface area contributed by atoms with E-state index in [0.29, 0.717) is 0 Å². The maximum Gasteiger partial charge on any atom is 0.0787 e. The molecular weight excluding hydrogens is 506 g/mol. The van der Waals surface area contributed by atoms with Gasteiger partial charge in [0.05, 0.1) is 5.69 Å². The normalized spacial score (nSPS) is 13.0. The van der Waals surface area contributed by atoms with Gasteiger partial charge in [0.25, 0.3) is 0 Å². The highest BCUT2D eigenvalue weighted by Crippen LogP contribution is 2.50. The van der Waals surface area contributed by atoms with E-state index in [2.05, 4.69) is 139 Å². The minimum Gasteiger partial charge on any atom is -0.256 e. The Balaban J connectivity index is 1.53. The lowest BCUT2D eigenvalue weighted by atomic mass is 9.80. The predicted octanol–water partition coefficient (Wildman–Crippen LogP) is 11.6. The zero-order chi connectivity index (χ0) is 29.0. The molecule has 0 amide bonds. The van der Waals surface area contributed by atoms with Crippen molar-refractivity contribution in [1.29, 1.82) is 0 Å². The first-order valence-electron chi connectivity index (χ1n) is 15.1.